The molecule has 1 nitrogen and oxygen atoms in total. The maximum Gasteiger partial charge on any atom is 0.0587 e. The first kappa shape index (κ1) is 13.8. The zero-order valence-electron chi connectivity index (χ0n) is 12.4. The first-order chi connectivity index (χ1) is 9.79. The number of hydrogen-bond acceptors (Lipinski definition) is 2. The van der Waals surface area contributed by atoms with Crippen LogP contribution in [0.3, 0.4) is 0 Å². The van der Waals surface area contributed by atoms with Gasteiger partial charge in [0.1, 0.15) is 0 Å². The van der Waals surface area contributed by atoms with E-state index in [0.717, 1.165) is 12.5 Å². The summed E-state index contributed by atoms with van der Waals surface area (Å²) in [5, 5.41) is 8.14. The summed E-state index contributed by atoms with van der Waals surface area (Å²) in [7, 11) is 0. The Hall–Kier alpha value is -1.12. The minimum absolute atomic E-state index is 0.335. The summed E-state index contributed by atoms with van der Waals surface area (Å²) in [6.45, 7) is 5.38. The van der Waals surface area contributed by atoms with Crippen LogP contribution in [0.25, 0.3) is 0 Å². The average Bonchev–Trinajstić information content (AvgIpc) is 2.81. The lowest BCUT2D eigenvalue weighted by Crippen LogP contribution is -2.22. The van der Waals surface area contributed by atoms with Gasteiger partial charge in [-0.05, 0) is 65.2 Å². The lowest BCUT2D eigenvalue weighted by atomic mass is 9.79. The second-order valence-electron chi connectivity index (χ2n) is 5.80. The van der Waals surface area contributed by atoms with Crippen LogP contribution < -0.4 is 5.32 Å². The number of nitrogens with one attached hydrogen (secondary N) is 1. The molecule has 0 spiro atoms. The molecule has 2 heteroatoms. The van der Waals surface area contributed by atoms with Gasteiger partial charge >= 0.3 is 0 Å². The van der Waals surface area contributed by atoms with Gasteiger partial charge in [-0.3, -0.25) is 0 Å². The summed E-state index contributed by atoms with van der Waals surface area (Å²) in [5.74, 6) is 0.824. The molecule has 1 N–H and O–H groups in total. The Balaban J connectivity index is 1.85. The van der Waals surface area contributed by atoms with Crippen molar-refractivity contribution in [1.29, 1.82) is 0 Å². The number of benzene rings is 1. The molecule has 106 valence electrons. The van der Waals surface area contributed by atoms with E-state index in [-0.39, 0.29) is 0 Å². The van der Waals surface area contributed by atoms with Crippen LogP contribution in [0, 0.1) is 6.92 Å². The predicted octanol–water partition coefficient (Wildman–Crippen LogP) is 5.02. The summed E-state index contributed by atoms with van der Waals surface area (Å²) >= 11 is 1.80. The van der Waals surface area contributed by atoms with Crippen molar-refractivity contribution >= 4 is 11.3 Å². The van der Waals surface area contributed by atoms with Crippen molar-refractivity contribution in [3.63, 3.8) is 0 Å². The van der Waals surface area contributed by atoms with E-state index in [1.54, 1.807) is 11.3 Å². The summed E-state index contributed by atoms with van der Waals surface area (Å²) in [5.41, 5.74) is 5.73. The van der Waals surface area contributed by atoms with Crippen LogP contribution in [-0.2, 0) is 0 Å². The van der Waals surface area contributed by atoms with Gasteiger partial charge in [-0.2, -0.15) is 11.3 Å². The third-order valence-electron chi connectivity index (χ3n) is 4.46. The molecule has 1 saturated carbocycles. The molecule has 3 rings (SSSR count). The van der Waals surface area contributed by atoms with Crippen LogP contribution >= 0.6 is 11.3 Å². The summed E-state index contributed by atoms with van der Waals surface area (Å²) < 4.78 is 0. The second kappa shape index (κ2) is 6.11. The number of thiophene rings is 1. The Morgan fingerprint density at radius 1 is 1.20 bits per heavy atom. The van der Waals surface area contributed by atoms with Gasteiger partial charge in [0.25, 0.3) is 0 Å². The fraction of sp³-hybridized carbons (Fsp3) is 0.444. The molecule has 1 unspecified atom stereocenters. The van der Waals surface area contributed by atoms with E-state index in [1.165, 1.54) is 41.5 Å². The van der Waals surface area contributed by atoms with E-state index in [2.05, 4.69) is 54.2 Å². The highest BCUT2D eigenvalue weighted by Crippen LogP contribution is 2.37. The van der Waals surface area contributed by atoms with Crippen LogP contribution in [0.1, 0.15) is 60.4 Å². The van der Waals surface area contributed by atoms with Crippen LogP contribution in [0.15, 0.2) is 35.0 Å². The largest absolute Gasteiger partial charge is 0.306 e. The van der Waals surface area contributed by atoms with Gasteiger partial charge < -0.3 is 5.32 Å². The van der Waals surface area contributed by atoms with E-state index in [1.807, 2.05) is 0 Å². The van der Waals surface area contributed by atoms with Gasteiger partial charge in [0, 0.05) is 0 Å². The molecule has 0 radical (unpaired) electrons. The molecule has 0 saturated heterocycles. The van der Waals surface area contributed by atoms with E-state index in [9.17, 15) is 0 Å². The Morgan fingerprint density at radius 3 is 2.45 bits per heavy atom. The van der Waals surface area contributed by atoms with Crippen molar-refractivity contribution in [2.75, 3.05) is 6.54 Å². The summed E-state index contributed by atoms with van der Waals surface area (Å²) in [4.78, 5) is 0. The van der Waals surface area contributed by atoms with Gasteiger partial charge in [0.15, 0.2) is 0 Å². The Kier molecular flexibility index (Phi) is 4.23. The molecule has 0 aliphatic heterocycles. The van der Waals surface area contributed by atoms with Gasteiger partial charge in [-0.15, -0.1) is 0 Å². The van der Waals surface area contributed by atoms with Gasteiger partial charge in [0.05, 0.1) is 6.04 Å². The highest BCUT2D eigenvalue weighted by atomic mass is 32.1. The van der Waals surface area contributed by atoms with Gasteiger partial charge in [-0.25, -0.2) is 0 Å². The SMILES string of the molecule is CCNC(c1ccc(C2CCC2)cc1)c1cscc1C. The van der Waals surface area contributed by atoms with Crippen LogP contribution in [0.4, 0.5) is 0 Å². The molecule has 1 aliphatic rings. The molecule has 0 amide bonds. The van der Waals surface area contributed by atoms with E-state index in [0.29, 0.717) is 6.04 Å². The quantitative estimate of drug-likeness (QED) is 0.813. The molecule has 1 aromatic heterocycles. The molecule has 1 heterocycles. The normalized spacial score (nSPS) is 16.9. The monoisotopic (exact) mass is 285 g/mol. The van der Waals surface area contributed by atoms with E-state index in [4.69, 9.17) is 0 Å². The van der Waals surface area contributed by atoms with Crippen molar-refractivity contribution < 1.29 is 0 Å². The van der Waals surface area contributed by atoms with E-state index >= 15 is 0 Å². The summed E-state index contributed by atoms with van der Waals surface area (Å²) in [6, 6.07) is 9.65. The zero-order valence-corrected chi connectivity index (χ0v) is 13.2. The van der Waals surface area contributed by atoms with Crippen LogP contribution in [0.5, 0.6) is 0 Å². The van der Waals surface area contributed by atoms with Gasteiger partial charge in [0.2, 0.25) is 0 Å². The molecule has 0 bridgehead atoms. The Morgan fingerprint density at radius 2 is 1.95 bits per heavy atom. The molecule has 20 heavy (non-hydrogen) atoms. The lowest BCUT2D eigenvalue weighted by Gasteiger charge is -2.26. The maximum atomic E-state index is 3.63. The molecular formula is C18H23NS. The molecule has 1 aliphatic carbocycles. The highest BCUT2D eigenvalue weighted by Gasteiger charge is 2.20. The standard InChI is InChI=1S/C18H23NS/c1-3-19-18(17-12-20-11-13(17)2)16-9-7-15(8-10-16)14-5-4-6-14/h7-12,14,18-19H,3-6H2,1-2H3. The minimum Gasteiger partial charge on any atom is -0.306 e. The van der Waals surface area contributed by atoms with Crippen LogP contribution in [-0.4, -0.2) is 6.54 Å². The smallest absolute Gasteiger partial charge is 0.0587 e. The summed E-state index contributed by atoms with van der Waals surface area (Å²) in [6.07, 6.45) is 4.15. The van der Waals surface area contributed by atoms with Crippen molar-refractivity contribution in [1.82, 2.24) is 5.32 Å². The zero-order chi connectivity index (χ0) is 13.9. The van der Waals surface area contributed by atoms with Crippen molar-refractivity contribution in [2.24, 2.45) is 0 Å². The topological polar surface area (TPSA) is 12.0 Å². The first-order valence-electron chi connectivity index (χ1n) is 7.65. The first-order valence-corrected chi connectivity index (χ1v) is 8.59. The molecule has 1 atom stereocenters. The third kappa shape index (κ3) is 2.68. The van der Waals surface area contributed by atoms with Crippen molar-refractivity contribution in [2.45, 2.75) is 45.1 Å². The third-order valence-corrected chi connectivity index (χ3v) is 5.34. The van der Waals surface area contributed by atoms with Gasteiger partial charge in [-0.1, -0.05) is 37.6 Å². The fourth-order valence-corrected chi connectivity index (χ4v) is 3.86. The minimum atomic E-state index is 0.335. The van der Waals surface area contributed by atoms with Crippen molar-refractivity contribution in [3.05, 3.63) is 57.3 Å². The number of rotatable bonds is 5. The molecule has 2 aromatic rings. The Labute approximate surface area is 126 Å². The maximum absolute atomic E-state index is 3.63. The van der Waals surface area contributed by atoms with E-state index < -0.39 is 0 Å². The highest BCUT2D eigenvalue weighted by molar-refractivity contribution is 7.08. The molecule has 1 fully saturated rings. The average molecular weight is 285 g/mol. The number of aryl methyl sites for hydroxylation is 1. The second-order valence-corrected chi connectivity index (χ2v) is 6.54. The molecule has 1 aromatic carbocycles. The van der Waals surface area contributed by atoms with Crippen molar-refractivity contribution in [3.8, 4) is 0 Å². The van der Waals surface area contributed by atoms with Crippen LogP contribution in [0.2, 0.25) is 0 Å². The molecular weight excluding hydrogens is 262 g/mol. The Bertz CT molecular complexity index is 551. The fourth-order valence-electron chi connectivity index (χ4n) is 2.98. The number of hydrogen-bond donors (Lipinski definition) is 1. The lowest BCUT2D eigenvalue weighted by molar-refractivity contribution is 0.419. The predicted molar refractivity (Wildman–Crippen MR) is 87.6 cm³/mol.